The molecule has 0 amide bonds. The second-order valence-corrected chi connectivity index (χ2v) is 6.95. The molecule has 1 heterocycles. The SMILES string of the molecule is CCC1=C(C)/C(=N/O)C[C@@H](C)[C@]12Oc1c(Cl)c(OC)cc(OC)c1C2=O. The Labute approximate surface area is 157 Å². The topological polar surface area (TPSA) is 77.4 Å². The summed E-state index contributed by atoms with van der Waals surface area (Å²) in [6.07, 6.45) is 0.995. The second-order valence-electron chi connectivity index (χ2n) is 6.58. The van der Waals surface area contributed by atoms with E-state index in [1.165, 1.54) is 14.2 Å². The summed E-state index contributed by atoms with van der Waals surface area (Å²) in [6, 6.07) is 1.59. The number of carbonyl (C=O) groups is 1. The van der Waals surface area contributed by atoms with E-state index in [0.29, 0.717) is 35.6 Å². The van der Waals surface area contributed by atoms with Crippen molar-refractivity contribution in [2.45, 2.75) is 39.2 Å². The number of allylic oxidation sites excluding steroid dienone is 1. The van der Waals surface area contributed by atoms with Gasteiger partial charge in [-0.15, -0.1) is 0 Å². The van der Waals surface area contributed by atoms with Crippen LogP contribution in [0.5, 0.6) is 17.2 Å². The van der Waals surface area contributed by atoms with Crippen molar-refractivity contribution in [3.05, 3.63) is 27.8 Å². The average Bonchev–Trinajstić information content (AvgIpc) is 2.94. The van der Waals surface area contributed by atoms with Crippen LogP contribution in [-0.4, -0.2) is 36.5 Å². The number of hydrogen-bond acceptors (Lipinski definition) is 6. The lowest BCUT2D eigenvalue weighted by molar-refractivity contribution is 0.0471. The van der Waals surface area contributed by atoms with E-state index in [0.717, 1.165) is 11.1 Å². The molecule has 1 aromatic rings. The molecule has 3 rings (SSSR count). The Hall–Kier alpha value is -2.21. The van der Waals surface area contributed by atoms with Crippen LogP contribution in [0, 0.1) is 5.92 Å². The first-order valence-electron chi connectivity index (χ1n) is 8.47. The minimum Gasteiger partial charge on any atom is -0.496 e. The molecule has 7 heteroatoms. The minimum absolute atomic E-state index is 0.186. The molecule has 0 aromatic heterocycles. The van der Waals surface area contributed by atoms with Crippen LogP contribution in [0.4, 0.5) is 0 Å². The molecule has 0 bridgehead atoms. The van der Waals surface area contributed by atoms with Gasteiger partial charge in [-0.1, -0.05) is 30.6 Å². The molecular formula is C19H22ClNO5. The maximum absolute atomic E-state index is 13.6. The van der Waals surface area contributed by atoms with Crippen molar-refractivity contribution in [3.8, 4) is 17.2 Å². The monoisotopic (exact) mass is 379 g/mol. The molecule has 0 unspecified atom stereocenters. The summed E-state index contributed by atoms with van der Waals surface area (Å²) in [7, 11) is 2.98. The number of fused-ring (bicyclic) bond motifs is 1. The molecule has 6 nitrogen and oxygen atoms in total. The van der Waals surface area contributed by atoms with Crippen LogP contribution in [0.2, 0.25) is 5.02 Å². The number of hydrogen-bond donors (Lipinski definition) is 1. The van der Waals surface area contributed by atoms with Crippen molar-refractivity contribution in [1.82, 2.24) is 0 Å². The number of methoxy groups -OCH3 is 2. The highest BCUT2D eigenvalue weighted by molar-refractivity contribution is 6.35. The first-order valence-corrected chi connectivity index (χ1v) is 8.84. The summed E-state index contributed by atoms with van der Waals surface area (Å²) in [5.41, 5.74) is 1.29. The molecule has 2 atom stereocenters. The number of carbonyl (C=O) groups excluding carboxylic acids is 1. The smallest absolute Gasteiger partial charge is 0.218 e. The van der Waals surface area contributed by atoms with Gasteiger partial charge in [0.2, 0.25) is 5.78 Å². The van der Waals surface area contributed by atoms with Crippen molar-refractivity contribution >= 4 is 23.1 Å². The quantitative estimate of drug-likeness (QED) is 0.627. The zero-order valence-electron chi connectivity index (χ0n) is 15.5. The van der Waals surface area contributed by atoms with Crippen molar-refractivity contribution in [3.63, 3.8) is 0 Å². The maximum Gasteiger partial charge on any atom is 0.218 e. The van der Waals surface area contributed by atoms with Crippen LogP contribution in [-0.2, 0) is 0 Å². The van der Waals surface area contributed by atoms with Crippen molar-refractivity contribution < 1.29 is 24.2 Å². The standard InChI is InChI=1S/C19H22ClNO5/c1-6-11-10(3)12(21-23)7-9(2)19(11)18(22)15-13(24-4)8-14(25-5)16(20)17(15)26-19/h8-9,23H,6-7H2,1-5H3/b21-12+/t9-,19+/m1/s1. The van der Waals surface area contributed by atoms with Gasteiger partial charge in [-0.2, -0.15) is 0 Å². The van der Waals surface area contributed by atoms with Crippen molar-refractivity contribution in [2.24, 2.45) is 11.1 Å². The van der Waals surface area contributed by atoms with E-state index >= 15 is 0 Å². The zero-order chi connectivity index (χ0) is 19.2. The minimum atomic E-state index is -1.18. The van der Waals surface area contributed by atoms with Gasteiger partial charge in [0.15, 0.2) is 11.4 Å². The average molecular weight is 380 g/mol. The van der Waals surface area contributed by atoms with Gasteiger partial charge in [0, 0.05) is 18.4 Å². The van der Waals surface area contributed by atoms with Gasteiger partial charge < -0.3 is 19.4 Å². The lowest BCUT2D eigenvalue weighted by atomic mass is 9.68. The zero-order valence-corrected chi connectivity index (χ0v) is 16.2. The Morgan fingerprint density at radius 2 is 2.04 bits per heavy atom. The highest BCUT2D eigenvalue weighted by atomic mass is 35.5. The number of oxime groups is 1. The number of Topliss-reactive ketones (excluding diaryl/α,β-unsaturated/α-hetero) is 1. The number of ketones is 1. The number of nitrogens with zero attached hydrogens (tertiary/aromatic N) is 1. The van der Waals surface area contributed by atoms with Gasteiger partial charge in [-0.3, -0.25) is 4.79 Å². The number of rotatable bonds is 3. The van der Waals surface area contributed by atoms with E-state index < -0.39 is 5.60 Å². The van der Waals surface area contributed by atoms with E-state index in [2.05, 4.69) is 5.16 Å². The van der Waals surface area contributed by atoms with Gasteiger partial charge in [-0.05, 0) is 24.5 Å². The van der Waals surface area contributed by atoms with E-state index in [4.69, 9.17) is 25.8 Å². The van der Waals surface area contributed by atoms with Crippen LogP contribution >= 0.6 is 11.6 Å². The summed E-state index contributed by atoms with van der Waals surface area (Å²) >= 11 is 6.44. The Balaban J connectivity index is 2.30. The van der Waals surface area contributed by atoms with Gasteiger partial charge in [0.1, 0.15) is 22.1 Å². The third-order valence-electron chi connectivity index (χ3n) is 5.42. The fraction of sp³-hybridized carbons (Fsp3) is 0.474. The van der Waals surface area contributed by atoms with Crippen LogP contribution in [0.3, 0.4) is 0 Å². The first-order chi connectivity index (χ1) is 12.4. The van der Waals surface area contributed by atoms with Gasteiger partial charge in [0.25, 0.3) is 0 Å². The molecule has 2 aliphatic rings. The molecule has 1 N–H and O–H groups in total. The van der Waals surface area contributed by atoms with Crippen molar-refractivity contribution in [1.29, 1.82) is 0 Å². The van der Waals surface area contributed by atoms with Gasteiger partial charge in [-0.25, -0.2) is 0 Å². The molecule has 0 radical (unpaired) electrons. The van der Waals surface area contributed by atoms with E-state index in [9.17, 15) is 10.0 Å². The number of ether oxygens (including phenoxy) is 3. The van der Waals surface area contributed by atoms with E-state index in [1.54, 1.807) is 6.07 Å². The Morgan fingerprint density at radius 1 is 1.38 bits per heavy atom. The second kappa shape index (κ2) is 6.50. The van der Waals surface area contributed by atoms with Crippen LogP contribution in [0.1, 0.15) is 44.0 Å². The summed E-state index contributed by atoms with van der Waals surface area (Å²) in [5.74, 6) is 0.605. The first kappa shape index (κ1) is 18.6. The molecule has 140 valence electrons. The predicted molar refractivity (Wildman–Crippen MR) is 98.2 cm³/mol. The van der Waals surface area contributed by atoms with Crippen molar-refractivity contribution in [2.75, 3.05) is 14.2 Å². The van der Waals surface area contributed by atoms with Crippen LogP contribution in [0.15, 0.2) is 22.4 Å². The van der Waals surface area contributed by atoms with E-state index in [1.807, 2.05) is 20.8 Å². The Kier molecular flexibility index (Phi) is 4.65. The summed E-state index contributed by atoms with van der Waals surface area (Å²) < 4.78 is 17.0. The van der Waals surface area contributed by atoms with Gasteiger partial charge >= 0.3 is 0 Å². The predicted octanol–water partition coefficient (Wildman–Crippen LogP) is 4.27. The number of benzene rings is 1. The number of halogens is 1. The third-order valence-corrected chi connectivity index (χ3v) is 5.78. The molecule has 1 spiro atoms. The molecule has 1 aliphatic heterocycles. The highest BCUT2D eigenvalue weighted by Gasteiger charge is 2.58. The summed E-state index contributed by atoms with van der Waals surface area (Å²) in [5, 5.41) is 13.0. The normalized spacial score (nSPS) is 26.3. The van der Waals surface area contributed by atoms with Crippen LogP contribution in [0.25, 0.3) is 0 Å². The molecule has 0 fully saturated rings. The largest absolute Gasteiger partial charge is 0.496 e. The molecule has 26 heavy (non-hydrogen) atoms. The maximum atomic E-state index is 13.6. The molecular weight excluding hydrogens is 358 g/mol. The molecule has 1 aliphatic carbocycles. The lowest BCUT2D eigenvalue weighted by Crippen LogP contribution is -2.52. The fourth-order valence-electron chi connectivity index (χ4n) is 4.11. The lowest BCUT2D eigenvalue weighted by Gasteiger charge is -2.40. The summed E-state index contributed by atoms with van der Waals surface area (Å²) in [6.45, 7) is 5.71. The van der Waals surface area contributed by atoms with Crippen LogP contribution < -0.4 is 14.2 Å². The highest BCUT2D eigenvalue weighted by Crippen LogP contribution is 2.55. The fourth-order valence-corrected chi connectivity index (χ4v) is 4.37. The third kappa shape index (κ3) is 2.24. The Morgan fingerprint density at radius 3 is 2.58 bits per heavy atom. The van der Waals surface area contributed by atoms with Gasteiger partial charge in [0.05, 0.1) is 19.9 Å². The Bertz CT molecular complexity index is 845. The van der Waals surface area contributed by atoms with E-state index in [-0.39, 0.29) is 22.5 Å². The molecule has 0 saturated heterocycles. The molecule has 1 aromatic carbocycles. The molecule has 0 saturated carbocycles. The summed E-state index contributed by atoms with van der Waals surface area (Å²) in [4.78, 5) is 13.6.